The highest BCUT2D eigenvalue weighted by Gasteiger charge is 2.19. The lowest BCUT2D eigenvalue weighted by Gasteiger charge is -2.02. The van der Waals surface area contributed by atoms with E-state index in [1.54, 1.807) is 24.3 Å². The summed E-state index contributed by atoms with van der Waals surface area (Å²) in [5.74, 6) is 0. The Kier molecular flexibility index (Phi) is 4.39. The lowest BCUT2D eigenvalue weighted by Crippen LogP contribution is -2.08. The fraction of sp³-hybridized carbons (Fsp3) is 0. The number of hydrogen-bond acceptors (Lipinski definition) is 8. The quantitative estimate of drug-likeness (QED) is 0.421. The summed E-state index contributed by atoms with van der Waals surface area (Å²) in [4.78, 5) is 32.6. The molecule has 0 saturated carbocycles. The van der Waals surface area contributed by atoms with Crippen LogP contribution in [0, 0.1) is 20.2 Å². The number of para-hydroxylation sites is 1. The van der Waals surface area contributed by atoms with Gasteiger partial charge >= 0.3 is 5.69 Å². The van der Waals surface area contributed by atoms with Crippen molar-refractivity contribution in [3.63, 3.8) is 0 Å². The topological polar surface area (TPSA) is 141 Å². The molecule has 0 radical (unpaired) electrons. The minimum Gasteiger partial charge on any atom is -0.463 e. The molecule has 0 spiro atoms. The fourth-order valence-electron chi connectivity index (χ4n) is 2.23. The number of hydrazone groups is 1. The van der Waals surface area contributed by atoms with Gasteiger partial charge in [-0.1, -0.05) is 12.1 Å². The number of nitrogens with one attached hydrogen (secondary N) is 1. The predicted octanol–water partition coefficient (Wildman–Crippen LogP) is 3.06. The van der Waals surface area contributed by atoms with Crippen LogP contribution in [0.15, 0.2) is 63.0 Å². The van der Waals surface area contributed by atoms with Gasteiger partial charge in [-0.25, -0.2) is 0 Å². The summed E-state index contributed by atoms with van der Waals surface area (Å²) in [5, 5.41) is 25.9. The Hall–Kier alpha value is -4.08. The summed E-state index contributed by atoms with van der Waals surface area (Å²) in [6, 6.07) is 9.77. The standard InChI is InChI=1S/C16H10N4O6/c21-16-10(9-26-15-4-2-1-3-12(15)16)8-17-18-13-6-5-11(19(22)23)7-14(13)20(24)25/h1-9,18H/b17-8+. The summed E-state index contributed by atoms with van der Waals surface area (Å²) in [5.41, 5.74) is 1.68. The van der Waals surface area contributed by atoms with Crippen LogP contribution in [0.1, 0.15) is 5.56 Å². The van der Waals surface area contributed by atoms with E-state index < -0.39 is 21.2 Å². The van der Waals surface area contributed by atoms with Gasteiger partial charge in [-0.05, 0) is 18.2 Å². The van der Waals surface area contributed by atoms with Crippen LogP contribution in [0.5, 0.6) is 0 Å². The molecule has 2 aromatic carbocycles. The minimum absolute atomic E-state index is 0.0537. The molecule has 1 heterocycles. The molecule has 10 nitrogen and oxygen atoms in total. The van der Waals surface area contributed by atoms with Gasteiger partial charge in [0, 0.05) is 6.07 Å². The molecule has 0 aliphatic rings. The number of benzene rings is 2. The first-order chi connectivity index (χ1) is 12.5. The van der Waals surface area contributed by atoms with Crippen LogP contribution in [-0.4, -0.2) is 16.1 Å². The summed E-state index contributed by atoms with van der Waals surface area (Å²) >= 11 is 0. The molecule has 0 saturated heterocycles. The molecule has 0 aliphatic carbocycles. The second-order valence-electron chi connectivity index (χ2n) is 5.10. The van der Waals surface area contributed by atoms with Crippen molar-refractivity contribution in [3.05, 3.63) is 84.7 Å². The smallest absolute Gasteiger partial charge is 0.301 e. The van der Waals surface area contributed by atoms with Crippen molar-refractivity contribution in [2.75, 3.05) is 5.43 Å². The number of fused-ring (bicyclic) bond motifs is 1. The number of nitrogens with zero attached hydrogens (tertiary/aromatic N) is 3. The lowest BCUT2D eigenvalue weighted by atomic mass is 10.2. The molecular weight excluding hydrogens is 344 g/mol. The van der Waals surface area contributed by atoms with Crippen LogP contribution in [0.4, 0.5) is 17.1 Å². The van der Waals surface area contributed by atoms with E-state index in [1.807, 2.05) is 0 Å². The van der Waals surface area contributed by atoms with E-state index in [4.69, 9.17) is 4.42 Å². The van der Waals surface area contributed by atoms with E-state index in [9.17, 15) is 25.0 Å². The third-order valence-corrected chi connectivity index (χ3v) is 3.48. The van der Waals surface area contributed by atoms with Gasteiger partial charge in [0.2, 0.25) is 5.43 Å². The molecule has 0 fully saturated rings. The Morgan fingerprint density at radius 2 is 1.85 bits per heavy atom. The van der Waals surface area contributed by atoms with Crippen LogP contribution in [0.3, 0.4) is 0 Å². The first-order valence-corrected chi connectivity index (χ1v) is 7.20. The van der Waals surface area contributed by atoms with E-state index >= 15 is 0 Å². The zero-order chi connectivity index (χ0) is 18.7. The van der Waals surface area contributed by atoms with Crippen LogP contribution in [0.2, 0.25) is 0 Å². The second kappa shape index (κ2) is 6.81. The van der Waals surface area contributed by atoms with Gasteiger partial charge in [0.15, 0.2) is 0 Å². The van der Waals surface area contributed by atoms with E-state index in [0.29, 0.717) is 11.0 Å². The zero-order valence-electron chi connectivity index (χ0n) is 13.0. The van der Waals surface area contributed by atoms with Gasteiger partial charge in [-0.3, -0.25) is 30.4 Å². The van der Waals surface area contributed by atoms with Crippen molar-refractivity contribution in [1.82, 2.24) is 0 Å². The van der Waals surface area contributed by atoms with E-state index in [2.05, 4.69) is 10.5 Å². The molecule has 0 bridgehead atoms. The number of nitro groups is 2. The highest BCUT2D eigenvalue weighted by atomic mass is 16.6. The molecule has 1 N–H and O–H groups in total. The summed E-state index contributed by atoms with van der Waals surface area (Å²) in [7, 11) is 0. The van der Waals surface area contributed by atoms with Gasteiger partial charge in [-0.15, -0.1) is 0 Å². The molecule has 0 unspecified atom stereocenters. The van der Waals surface area contributed by atoms with Crippen LogP contribution in [-0.2, 0) is 0 Å². The second-order valence-corrected chi connectivity index (χ2v) is 5.10. The highest BCUT2D eigenvalue weighted by molar-refractivity contribution is 5.86. The van der Waals surface area contributed by atoms with Gasteiger partial charge in [0.05, 0.1) is 33.1 Å². The van der Waals surface area contributed by atoms with Crippen LogP contribution in [0.25, 0.3) is 11.0 Å². The average molecular weight is 354 g/mol. The largest absolute Gasteiger partial charge is 0.463 e. The Morgan fingerprint density at radius 3 is 2.58 bits per heavy atom. The molecule has 1 aromatic heterocycles. The predicted molar refractivity (Wildman–Crippen MR) is 93.5 cm³/mol. The van der Waals surface area contributed by atoms with Crippen molar-refractivity contribution < 1.29 is 14.3 Å². The monoisotopic (exact) mass is 354 g/mol. The average Bonchev–Trinajstić information content (AvgIpc) is 2.63. The summed E-state index contributed by atoms with van der Waals surface area (Å²) in [6.07, 6.45) is 2.38. The first-order valence-electron chi connectivity index (χ1n) is 7.20. The maximum atomic E-state index is 12.3. The third kappa shape index (κ3) is 3.24. The molecule has 26 heavy (non-hydrogen) atoms. The maximum absolute atomic E-state index is 12.3. The molecule has 10 heteroatoms. The highest BCUT2D eigenvalue weighted by Crippen LogP contribution is 2.28. The fourth-order valence-corrected chi connectivity index (χ4v) is 2.23. The van der Waals surface area contributed by atoms with Gasteiger partial charge in [0.25, 0.3) is 5.69 Å². The molecular formula is C16H10N4O6. The van der Waals surface area contributed by atoms with Crippen LogP contribution < -0.4 is 10.9 Å². The number of rotatable bonds is 5. The number of non-ortho nitro benzene ring substituents is 1. The Morgan fingerprint density at radius 1 is 1.08 bits per heavy atom. The maximum Gasteiger partial charge on any atom is 0.301 e. The SMILES string of the molecule is O=c1c(/C=N/Nc2ccc([N+](=O)[O-])cc2[N+](=O)[O-])coc2ccccc12. The Labute approximate surface area is 144 Å². The van der Waals surface area contributed by atoms with Crippen molar-refractivity contribution in [1.29, 1.82) is 0 Å². The molecule has 0 aliphatic heterocycles. The molecule has 0 atom stereocenters. The Bertz CT molecular complexity index is 1110. The van der Waals surface area contributed by atoms with E-state index in [-0.39, 0.29) is 16.7 Å². The summed E-state index contributed by atoms with van der Waals surface area (Å²) < 4.78 is 5.33. The van der Waals surface area contributed by atoms with Gasteiger partial charge in [-0.2, -0.15) is 5.10 Å². The van der Waals surface area contributed by atoms with E-state index in [0.717, 1.165) is 24.4 Å². The van der Waals surface area contributed by atoms with Crippen molar-refractivity contribution in [2.24, 2.45) is 5.10 Å². The third-order valence-electron chi connectivity index (χ3n) is 3.48. The minimum atomic E-state index is -0.769. The van der Waals surface area contributed by atoms with Gasteiger partial charge < -0.3 is 4.42 Å². The zero-order valence-corrected chi connectivity index (χ0v) is 13.0. The molecule has 3 rings (SSSR count). The van der Waals surface area contributed by atoms with Crippen LogP contribution >= 0.6 is 0 Å². The van der Waals surface area contributed by atoms with Crippen molar-refractivity contribution in [3.8, 4) is 0 Å². The molecule has 0 amide bonds. The number of nitro benzene ring substituents is 2. The first kappa shape index (κ1) is 16.8. The Balaban J connectivity index is 1.89. The number of hydrogen-bond donors (Lipinski definition) is 1. The summed E-state index contributed by atoms with van der Waals surface area (Å²) in [6.45, 7) is 0. The normalized spacial score (nSPS) is 10.9. The van der Waals surface area contributed by atoms with Gasteiger partial charge in [0.1, 0.15) is 17.5 Å². The van der Waals surface area contributed by atoms with Crippen molar-refractivity contribution >= 4 is 34.2 Å². The molecule has 130 valence electrons. The lowest BCUT2D eigenvalue weighted by molar-refractivity contribution is -0.393. The number of anilines is 1. The van der Waals surface area contributed by atoms with Crippen molar-refractivity contribution in [2.45, 2.75) is 0 Å². The molecule has 3 aromatic rings. The van der Waals surface area contributed by atoms with E-state index in [1.165, 1.54) is 6.26 Å².